The van der Waals surface area contributed by atoms with E-state index in [1.54, 1.807) is 13.0 Å². The number of thioether (sulfide) groups is 1. The van der Waals surface area contributed by atoms with Gasteiger partial charge in [0.05, 0.1) is 18.1 Å². The van der Waals surface area contributed by atoms with E-state index in [9.17, 15) is 18.0 Å². The summed E-state index contributed by atoms with van der Waals surface area (Å²) in [5.74, 6) is -1.13. The Kier molecular flexibility index (Phi) is 11.9. The number of carbonyl (C=O) groups excluding carboxylic acids is 2. The van der Waals surface area contributed by atoms with Crippen molar-refractivity contribution in [3.63, 3.8) is 0 Å². The van der Waals surface area contributed by atoms with Crippen molar-refractivity contribution in [1.82, 2.24) is 0 Å². The highest BCUT2D eigenvalue weighted by Gasteiger charge is 2.51. The fourth-order valence-corrected chi connectivity index (χ4v) is 6.77. The van der Waals surface area contributed by atoms with Crippen LogP contribution in [0.25, 0.3) is 0 Å². The summed E-state index contributed by atoms with van der Waals surface area (Å²) < 4.78 is 58.5. The molecule has 38 heavy (non-hydrogen) atoms. The second-order valence-corrected chi connectivity index (χ2v) is 12.4. The molecular weight excluding hydrogens is 604 g/mol. The van der Waals surface area contributed by atoms with Gasteiger partial charge in [-0.1, -0.05) is 41.1 Å². The molecule has 0 saturated carbocycles. The molecule has 212 valence electrons. The molecule has 7 atom stereocenters. The van der Waals surface area contributed by atoms with Gasteiger partial charge in [0.25, 0.3) is 10.1 Å². The monoisotopic (exact) mass is 636 g/mol. The molecule has 0 aliphatic carbocycles. The van der Waals surface area contributed by atoms with Crippen molar-refractivity contribution in [1.29, 1.82) is 0 Å². The van der Waals surface area contributed by atoms with E-state index in [2.05, 4.69) is 15.9 Å². The summed E-state index contributed by atoms with van der Waals surface area (Å²) in [5, 5.41) is -0.308. The molecule has 3 rings (SSSR count). The Morgan fingerprint density at radius 2 is 1.79 bits per heavy atom. The number of hydrogen-bond acceptors (Lipinski definition) is 11. The van der Waals surface area contributed by atoms with Crippen molar-refractivity contribution in [2.45, 2.75) is 80.6 Å². The summed E-state index contributed by atoms with van der Waals surface area (Å²) in [4.78, 5) is 24.9. The van der Waals surface area contributed by atoms with Crippen molar-refractivity contribution in [2.75, 3.05) is 17.7 Å². The highest BCUT2D eigenvalue weighted by molar-refractivity contribution is 9.09. The topological polar surface area (TPSA) is 124 Å². The minimum atomic E-state index is -3.63. The molecule has 0 aromatic heterocycles. The van der Waals surface area contributed by atoms with E-state index in [4.69, 9.17) is 27.9 Å². The number of esters is 2. The molecule has 0 bridgehead atoms. The van der Waals surface area contributed by atoms with E-state index in [0.29, 0.717) is 18.2 Å². The maximum atomic E-state index is 12.1. The smallest absolute Gasteiger partial charge is 0.303 e. The minimum Gasteiger partial charge on any atom is -0.496 e. The van der Waals surface area contributed by atoms with Crippen molar-refractivity contribution in [2.24, 2.45) is 0 Å². The first kappa shape index (κ1) is 30.9. The lowest BCUT2D eigenvalue weighted by atomic mass is 10.0. The number of benzene rings is 1. The maximum Gasteiger partial charge on any atom is 0.303 e. The Morgan fingerprint density at radius 3 is 2.42 bits per heavy atom. The third-order valence-electron chi connectivity index (χ3n) is 5.62. The second-order valence-electron chi connectivity index (χ2n) is 8.78. The van der Waals surface area contributed by atoms with Crippen LogP contribution >= 0.6 is 27.7 Å². The lowest BCUT2D eigenvalue weighted by Crippen LogP contribution is -2.60. The fraction of sp³-hybridized carbons (Fsp3) is 0.600. The van der Waals surface area contributed by atoms with Crippen LogP contribution in [0.3, 0.4) is 0 Å². The highest BCUT2D eigenvalue weighted by atomic mass is 79.9. The Labute approximate surface area is 235 Å². The number of carbonyl (C=O) groups is 2. The zero-order valence-electron chi connectivity index (χ0n) is 21.4. The first-order chi connectivity index (χ1) is 18.1. The summed E-state index contributed by atoms with van der Waals surface area (Å²) in [7, 11) is -3.63. The van der Waals surface area contributed by atoms with Gasteiger partial charge in [-0.25, -0.2) is 0 Å². The molecule has 7 unspecified atom stereocenters. The van der Waals surface area contributed by atoms with Crippen molar-refractivity contribution in [3.8, 4) is 0 Å². The molecule has 13 heteroatoms. The number of hydrogen-bond donors (Lipinski definition) is 0. The number of rotatable bonds is 12. The lowest BCUT2D eigenvalue weighted by molar-refractivity contribution is -0.259. The van der Waals surface area contributed by atoms with E-state index in [-0.39, 0.29) is 12.4 Å². The van der Waals surface area contributed by atoms with Gasteiger partial charge in [0.1, 0.15) is 24.1 Å². The average Bonchev–Trinajstić information content (AvgIpc) is 2.86. The molecule has 1 fully saturated rings. The lowest BCUT2D eigenvalue weighted by Gasteiger charge is -2.45. The van der Waals surface area contributed by atoms with Crippen molar-refractivity contribution in [3.05, 3.63) is 42.7 Å². The largest absolute Gasteiger partial charge is 0.496 e. The van der Waals surface area contributed by atoms with E-state index in [0.717, 1.165) is 4.90 Å². The van der Waals surface area contributed by atoms with Gasteiger partial charge in [-0.3, -0.25) is 13.8 Å². The molecule has 2 aliphatic heterocycles. The SMILES string of the molecule is CCCS(=O)(=O)OCC1CC(OC2OC(CBr)C(OC(C)=O)C(OC(C)=O)C2Sc2ccccc2)C=CO1. The zero-order valence-corrected chi connectivity index (χ0v) is 24.6. The number of halogens is 1. The molecular formula is C25H33BrO10S2. The van der Waals surface area contributed by atoms with Crippen LogP contribution in [0.2, 0.25) is 0 Å². The normalized spacial score (nSPS) is 29.3. The molecule has 2 heterocycles. The van der Waals surface area contributed by atoms with Crippen LogP contribution in [-0.4, -0.2) is 80.1 Å². The average molecular weight is 638 g/mol. The number of alkyl halides is 1. The van der Waals surface area contributed by atoms with Gasteiger partial charge in [-0.05, 0) is 24.6 Å². The van der Waals surface area contributed by atoms with Crippen LogP contribution in [0.4, 0.5) is 0 Å². The standard InChI is InChI=1S/C25H33BrO10S2/c1-4-12-38(29,30)32-15-19-13-18(10-11-31-19)35-25-24(37-20-8-6-5-7-9-20)23(34-17(3)28)22(33-16(2)27)21(14-26)36-25/h5-11,18-19,21-25H,4,12-15H2,1-3H3. The molecule has 0 amide bonds. The third-order valence-corrected chi connectivity index (χ3v) is 8.97. The molecule has 2 aliphatic rings. The van der Waals surface area contributed by atoms with Crippen LogP contribution in [0, 0.1) is 0 Å². The quantitative estimate of drug-likeness (QED) is 0.190. The van der Waals surface area contributed by atoms with Gasteiger partial charge in [0.2, 0.25) is 0 Å². The number of ether oxygens (including phenoxy) is 5. The zero-order chi connectivity index (χ0) is 27.7. The molecule has 1 saturated heterocycles. The molecule has 1 aromatic carbocycles. The van der Waals surface area contributed by atoms with Crippen LogP contribution < -0.4 is 0 Å². The van der Waals surface area contributed by atoms with Crippen LogP contribution in [0.15, 0.2) is 47.6 Å². The van der Waals surface area contributed by atoms with Crippen LogP contribution in [0.5, 0.6) is 0 Å². The minimum absolute atomic E-state index is 0.0707. The van der Waals surface area contributed by atoms with Gasteiger partial charge in [0.15, 0.2) is 18.5 Å². The van der Waals surface area contributed by atoms with E-state index in [1.807, 2.05) is 30.3 Å². The van der Waals surface area contributed by atoms with Crippen molar-refractivity contribution < 1.29 is 45.9 Å². The Bertz CT molecular complexity index is 1050. The fourth-order valence-electron chi connectivity index (χ4n) is 4.06. The van der Waals surface area contributed by atoms with Gasteiger partial charge in [-0.15, -0.1) is 11.8 Å². The Morgan fingerprint density at radius 1 is 1.11 bits per heavy atom. The summed E-state index contributed by atoms with van der Waals surface area (Å²) in [6.45, 7) is 4.19. The van der Waals surface area contributed by atoms with E-state index < -0.39 is 64.1 Å². The summed E-state index contributed by atoms with van der Waals surface area (Å²) in [6.07, 6.45) is -0.426. The Hall–Kier alpha value is -1.64. The molecule has 1 aromatic rings. The second kappa shape index (κ2) is 14.7. The predicted octanol–water partition coefficient (Wildman–Crippen LogP) is 3.57. The first-order valence-electron chi connectivity index (χ1n) is 12.2. The maximum absolute atomic E-state index is 12.1. The summed E-state index contributed by atoms with van der Waals surface area (Å²) >= 11 is 4.79. The summed E-state index contributed by atoms with van der Waals surface area (Å²) in [5.41, 5.74) is 0. The predicted molar refractivity (Wildman–Crippen MR) is 143 cm³/mol. The molecule has 0 N–H and O–H groups in total. The van der Waals surface area contributed by atoms with Gasteiger partial charge in [0, 0.05) is 30.5 Å². The molecule has 10 nitrogen and oxygen atoms in total. The van der Waals surface area contributed by atoms with Gasteiger partial charge >= 0.3 is 11.9 Å². The first-order valence-corrected chi connectivity index (χ1v) is 15.8. The van der Waals surface area contributed by atoms with Gasteiger partial charge < -0.3 is 23.7 Å². The van der Waals surface area contributed by atoms with E-state index >= 15 is 0 Å². The molecule has 0 spiro atoms. The molecule has 0 radical (unpaired) electrons. The van der Waals surface area contributed by atoms with Crippen molar-refractivity contribution >= 4 is 49.7 Å². The highest BCUT2D eigenvalue weighted by Crippen LogP contribution is 2.39. The van der Waals surface area contributed by atoms with E-state index in [1.165, 1.54) is 31.9 Å². The summed E-state index contributed by atoms with van der Waals surface area (Å²) in [6, 6.07) is 9.46. The van der Waals surface area contributed by atoms with Gasteiger partial charge in [-0.2, -0.15) is 8.42 Å². The Balaban J connectivity index is 1.82. The van der Waals surface area contributed by atoms with Crippen LogP contribution in [-0.2, 0) is 47.6 Å². The third kappa shape index (κ3) is 9.23. The van der Waals surface area contributed by atoms with Crippen LogP contribution in [0.1, 0.15) is 33.6 Å².